The van der Waals surface area contributed by atoms with Crippen molar-refractivity contribution in [3.63, 3.8) is 0 Å². The number of ether oxygens (including phenoxy) is 1. The van der Waals surface area contributed by atoms with Crippen LogP contribution in [0.1, 0.15) is 44.2 Å². The van der Waals surface area contributed by atoms with Gasteiger partial charge in [-0.2, -0.15) is 4.31 Å². The fourth-order valence-corrected chi connectivity index (χ4v) is 5.18. The van der Waals surface area contributed by atoms with Crippen molar-refractivity contribution >= 4 is 21.4 Å². The predicted molar refractivity (Wildman–Crippen MR) is 115 cm³/mol. The van der Waals surface area contributed by atoms with E-state index >= 15 is 0 Å². The summed E-state index contributed by atoms with van der Waals surface area (Å²) in [6.07, 6.45) is 3.30. The fraction of sp³-hybridized carbons (Fsp3) is 0.429. The van der Waals surface area contributed by atoms with Crippen molar-refractivity contribution in [2.45, 2.75) is 43.5 Å². The van der Waals surface area contributed by atoms with Gasteiger partial charge in [-0.1, -0.05) is 25.5 Å². The largest absolute Gasteiger partial charge is 0.497 e. The number of nitrogens with one attached hydrogen (secondary N) is 1. The second-order valence-corrected chi connectivity index (χ2v) is 9.22. The van der Waals surface area contributed by atoms with Crippen molar-refractivity contribution < 1.29 is 18.1 Å². The molecule has 1 aliphatic rings. The Kier molecular flexibility index (Phi) is 6.94. The van der Waals surface area contributed by atoms with E-state index in [4.69, 9.17) is 4.74 Å². The van der Waals surface area contributed by atoms with Gasteiger partial charge >= 0.3 is 0 Å². The first-order valence-electron chi connectivity index (χ1n) is 10.1. The molecule has 0 saturated carbocycles. The molecule has 8 nitrogen and oxygen atoms in total. The average Bonchev–Trinajstić information content (AvgIpc) is 2.78. The summed E-state index contributed by atoms with van der Waals surface area (Å²) in [6.45, 7) is 2.87. The Balaban J connectivity index is 1.90. The van der Waals surface area contributed by atoms with Crippen LogP contribution in [0.15, 0.2) is 47.4 Å². The van der Waals surface area contributed by atoms with Crippen LogP contribution in [-0.2, 0) is 10.0 Å². The number of hydrogen-bond donors (Lipinski definition) is 1. The lowest BCUT2D eigenvalue weighted by atomic mass is 10.0. The molecule has 1 saturated heterocycles. The second kappa shape index (κ2) is 9.44. The van der Waals surface area contributed by atoms with Crippen molar-refractivity contribution in [2.75, 3.05) is 25.5 Å². The lowest BCUT2D eigenvalue weighted by Gasteiger charge is -2.26. The Morgan fingerprint density at radius 1 is 1.13 bits per heavy atom. The highest BCUT2D eigenvalue weighted by Crippen LogP contribution is 2.33. The van der Waals surface area contributed by atoms with Gasteiger partial charge in [0.25, 0.3) is 5.69 Å². The molecule has 1 atom stereocenters. The maximum Gasteiger partial charge on any atom is 0.293 e. The highest BCUT2D eigenvalue weighted by molar-refractivity contribution is 7.89. The summed E-state index contributed by atoms with van der Waals surface area (Å²) in [6, 6.07) is 11.4. The van der Waals surface area contributed by atoms with Gasteiger partial charge in [0.1, 0.15) is 11.4 Å². The Bertz CT molecular complexity index is 986. The Morgan fingerprint density at radius 2 is 1.80 bits per heavy atom. The van der Waals surface area contributed by atoms with Crippen LogP contribution in [0.5, 0.6) is 5.75 Å². The molecule has 1 aliphatic heterocycles. The van der Waals surface area contributed by atoms with Crippen molar-refractivity contribution in [3.8, 4) is 5.75 Å². The quantitative estimate of drug-likeness (QED) is 0.491. The second-order valence-electron chi connectivity index (χ2n) is 7.28. The molecule has 0 bridgehead atoms. The van der Waals surface area contributed by atoms with Gasteiger partial charge < -0.3 is 10.1 Å². The summed E-state index contributed by atoms with van der Waals surface area (Å²) in [5.41, 5.74) is 0.998. The third kappa shape index (κ3) is 4.73. The van der Waals surface area contributed by atoms with Crippen LogP contribution in [0.4, 0.5) is 11.4 Å². The Labute approximate surface area is 177 Å². The van der Waals surface area contributed by atoms with E-state index in [1.807, 2.05) is 31.2 Å². The van der Waals surface area contributed by atoms with Crippen molar-refractivity contribution in [1.29, 1.82) is 0 Å². The minimum atomic E-state index is -3.74. The van der Waals surface area contributed by atoms with E-state index in [2.05, 4.69) is 5.32 Å². The standard InChI is InChI=1S/C21H27N3O5S/c1-3-19(16-7-9-17(29-2)10-8-16)22-20-12-11-18(15-21(20)24(25)26)30(27,28)23-13-5-4-6-14-23/h7-12,15,19,22H,3-6,13-14H2,1-2H3. The monoisotopic (exact) mass is 433 g/mol. The lowest BCUT2D eigenvalue weighted by molar-refractivity contribution is -0.384. The van der Waals surface area contributed by atoms with E-state index in [9.17, 15) is 18.5 Å². The molecular formula is C21H27N3O5S. The smallest absolute Gasteiger partial charge is 0.293 e. The fourth-order valence-electron chi connectivity index (χ4n) is 3.64. The highest BCUT2D eigenvalue weighted by Gasteiger charge is 2.29. The molecule has 162 valence electrons. The minimum absolute atomic E-state index is 0.0425. The number of anilines is 1. The average molecular weight is 434 g/mol. The summed E-state index contributed by atoms with van der Waals surface area (Å²) in [5, 5.41) is 14.9. The number of rotatable bonds is 8. The maximum atomic E-state index is 12.9. The number of piperidine rings is 1. The van der Waals surface area contributed by atoms with Crippen LogP contribution in [0.3, 0.4) is 0 Å². The van der Waals surface area contributed by atoms with E-state index in [1.54, 1.807) is 7.11 Å². The molecule has 0 amide bonds. The van der Waals surface area contributed by atoms with Crippen molar-refractivity contribution in [3.05, 3.63) is 58.1 Å². The van der Waals surface area contributed by atoms with E-state index < -0.39 is 14.9 Å². The molecule has 1 unspecified atom stereocenters. The molecule has 1 fully saturated rings. The first-order valence-corrected chi connectivity index (χ1v) is 11.5. The molecule has 0 aromatic heterocycles. The van der Waals surface area contributed by atoms with E-state index in [-0.39, 0.29) is 16.6 Å². The van der Waals surface area contributed by atoms with Gasteiger partial charge in [0.15, 0.2) is 0 Å². The number of benzene rings is 2. The van der Waals surface area contributed by atoms with E-state index in [1.165, 1.54) is 16.4 Å². The number of nitrogens with zero attached hydrogens (tertiary/aromatic N) is 2. The molecule has 0 radical (unpaired) electrons. The lowest BCUT2D eigenvalue weighted by Crippen LogP contribution is -2.35. The van der Waals surface area contributed by atoms with Gasteiger partial charge in [0, 0.05) is 19.2 Å². The van der Waals surface area contributed by atoms with Crippen LogP contribution in [0.25, 0.3) is 0 Å². The van der Waals surface area contributed by atoms with Crippen LogP contribution in [0.2, 0.25) is 0 Å². The van der Waals surface area contributed by atoms with Gasteiger partial charge in [-0.05, 0) is 49.1 Å². The summed E-state index contributed by atoms with van der Waals surface area (Å²) in [4.78, 5) is 11.1. The summed E-state index contributed by atoms with van der Waals surface area (Å²) >= 11 is 0. The van der Waals surface area contributed by atoms with Gasteiger partial charge in [0.2, 0.25) is 10.0 Å². The topological polar surface area (TPSA) is 102 Å². The van der Waals surface area contributed by atoms with E-state index in [0.717, 1.165) is 36.6 Å². The molecule has 0 aliphatic carbocycles. The molecule has 0 spiro atoms. The number of nitro benzene ring substituents is 1. The molecule has 2 aromatic rings. The van der Waals surface area contributed by atoms with Gasteiger partial charge in [-0.25, -0.2) is 8.42 Å². The Hall–Kier alpha value is -2.65. The highest BCUT2D eigenvalue weighted by atomic mass is 32.2. The third-order valence-electron chi connectivity index (χ3n) is 5.37. The molecule has 1 heterocycles. The number of sulfonamides is 1. The molecule has 3 rings (SSSR count). The first-order chi connectivity index (χ1) is 14.4. The zero-order valence-corrected chi connectivity index (χ0v) is 18.0. The number of hydrogen-bond acceptors (Lipinski definition) is 6. The maximum absolute atomic E-state index is 12.9. The number of nitro groups is 1. The summed E-state index contributed by atoms with van der Waals surface area (Å²) in [7, 11) is -2.15. The normalized spacial score (nSPS) is 16.1. The molecule has 9 heteroatoms. The predicted octanol–water partition coefficient (Wildman–Crippen LogP) is 4.34. The summed E-state index contributed by atoms with van der Waals surface area (Å²) in [5.74, 6) is 0.729. The van der Waals surface area contributed by atoms with Crippen LogP contribution < -0.4 is 10.1 Å². The minimum Gasteiger partial charge on any atom is -0.497 e. The van der Waals surface area contributed by atoms with Crippen LogP contribution in [-0.4, -0.2) is 37.8 Å². The first kappa shape index (κ1) is 22.0. The van der Waals surface area contributed by atoms with Crippen LogP contribution >= 0.6 is 0 Å². The molecule has 30 heavy (non-hydrogen) atoms. The van der Waals surface area contributed by atoms with Gasteiger partial charge in [0.05, 0.1) is 23.0 Å². The third-order valence-corrected chi connectivity index (χ3v) is 7.27. The van der Waals surface area contributed by atoms with Crippen LogP contribution in [0, 0.1) is 10.1 Å². The molecule has 1 N–H and O–H groups in total. The van der Waals surface area contributed by atoms with Crippen molar-refractivity contribution in [2.24, 2.45) is 0 Å². The van der Waals surface area contributed by atoms with Gasteiger partial charge in [-0.15, -0.1) is 0 Å². The van der Waals surface area contributed by atoms with E-state index in [0.29, 0.717) is 25.2 Å². The molecule has 2 aromatic carbocycles. The molecular weight excluding hydrogens is 406 g/mol. The zero-order valence-electron chi connectivity index (χ0n) is 17.2. The number of methoxy groups -OCH3 is 1. The Morgan fingerprint density at radius 3 is 2.37 bits per heavy atom. The van der Waals surface area contributed by atoms with Crippen molar-refractivity contribution in [1.82, 2.24) is 4.31 Å². The zero-order chi connectivity index (χ0) is 21.7. The van der Waals surface area contributed by atoms with Gasteiger partial charge in [-0.3, -0.25) is 10.1 Å². The summed E-state index contributed by atoms with van der Waals surface area (Å²) < 4.78 is 32.4. The SMILES string of the molecule is CCC(Nc1ccc(S(=O)(=O)N2CCCCC2)cc1[N+](=O)[O-])c1ccc(OC)cc1.